The molecule has 4 N–H and O–H groups in total. The highest BCUT2D eigenvalue weighted by atomic mass is 32.2. The first-order chi connectivity index (χ1) is 9.72. The van der Waals surface area contributed by atoms with Gasteiger partial charge in [-0.25, -0.2) is 4.99 Å². The van der Waals surface area contributed by atoms with Gasteiger partial charge in [0.05, 0.1) is 17.2 Å². The van der Waals surface area contributed by atoms with Crippen LogP contribution in [0.2, 0.25) is 0 Å². The number of thioether (sulfide) groups is 1. The van der Waals surface area contributed by atoms with Gasteiger partial charge in [-0.15, -0.1) is 11.8 Å². The predicted octanol–water partition coefficient (Wildman–Crippen LogP) is -0.127. The van der Waals surface area contributed by atoms with Crippen LogP contribution in [0.3, 0.4) is 0 Å². The van der Waals surface area contributed by atoms with E-state index in [0.717, 1.165) is 24.4 Å². The molecule has 0 unspecified atom stereocenters. The van der Waals surface area contributed by atoms with Crippen molar-refractivity contribution in [2.24, 2.45) is 10.7 Å². The molecule has 0 spiro atoms. The molecule has 8 nitrogen and oxygen atoms in total. The molecule has 1 aliphatic rings. The maximum atomic E-state index is 10.7. The fourth-order valence-corrected chi connectivity index (χ4v) is 2.11. The summed E-state index contributed by atoms with van der Waals surface area (Å²) in [5.41, 5.74) is 4.84. The van der Waals surface area contributed by atoms with E-state index in [0.29, 0.717) is 5.75 Å². The van der Waals surface area contributed by atoms with E-state index in [1.54, 1.807) is 11.8 Å². The molecular formula is C12H21N3O5S. The Bertz CT molecular complexity index is 412. The summed E-state index contributed by atoms with van der Waals surface area (Å²) in [4.78, 5) is 36.4. The fourth-order valence-electron chi connectivity index (χ4n) is 1.30. The van der Waals surface area contributed by atoms with Crippen LogP contribution in [0.25, 0.3) is 0 Å². The molecule has 0 saturated carbocycles. The number of carboxylic acid groups (broad SMARTS) is 2. The minimum absolute atomic E-state index is 0.0276. The van der Waals surface area contributed by atoms with Crippen molar-refractivity contribution in [3.63, 3.8) is 0 Å². The first-order valence-electron chi connectivity index (χ1n) is 6.30. The van der Waals surface area contributed by atoms with Crippen LogP contribution in [0.15, 0.2) is 4.99 Å². The lowest BCUT2D eigenvalue weighted by Gasteiger charge is -2.07. The number of carbonyl (C=O) groups is 3. The van der Waals surface area contributed by atoms with Crippen molar-refractivity contribution in [1.29, 1.82) is 0 Å². The summed E-state index contributed by atoms with van der Waals surface area (Å²) < 4.78 is 0. The Morgan fingerprint density at radius 2 is 2.05 bits per heavy atom. The largest absolute Gasteiger partial charge is 0.481 e. The molecule has 0 aromatic heterocycles. The van der Waals surface area contributed by atoms with Gasteiger partial charge in [-0.3, -0.25) is 14.4 Å². The van der Waals surface area contributed by atoms with E-state index in [4.69, 9.17) is 15.9 Å². The summed E-state index contributed by atoms with van der Waals surface area (Å²) in [6.07, 6.45) is 1.51. The molecule has 1 atom stereocenters. The monoisotopic (exact) mass is 319 g/mol. The zero-order valence-electron chi connectivity index (χ0n) is 12.1. The van der Waals surface area contributed by atoms with Crippen LogP contribution >= 0.6 is 11.8 Å². The number of amides is 1. The molecule has 0 fully saturated rings. The highest BCUT2D eigenvalue weighted by molar-refractivity contribution is 8.15. The Labute approximate surface area is 127 Å². The van der Waals surface area contributed by atoms with Gasteiger partial charge < -0.3 is 20.8 Å². The molecule has 0 radical (unpaired) electrons. The molecule has 0 aromatic rings. The van der Waals surface area contributed by atoms with Gasteiger partial charge in [0, 0.05) is 0 Å². The average Bonchev–Trinajstić information content (AvgIpc) is 2.74. The maximum absolute atomic E-state index is 10.7. The average molecular weight is 319 g/mol. The van der Waals surface area contributed by atoms with E-state index in [1.165, 1.54) is 0 Å². The van der Waals surface area contributed by atoms with Crippen LogP contribution in [0.1, 0.15) is 19.3 Å². The molecular weight excluding hydrogens is 298 g/mol. The van der Waals surface area contributed by atoms with Crippen LogP contribution in [0.5, 0.6) is 0 Å². The lowest BCUT2D eigenvalue weighted by molar-refractivity contribution is -0.144. The van der Waals surface area contributed by atoms with E-state index >= 15 is 0 Å². The van der Waals surface area contributed by atoms with E-state index in [2.05, 4.69) is 24.0 Å². The predicted molar refractivity (Wildman–Crippen MR) is 80.6 cm³/mol. The minimum atomic E-state index is -1.29. The molecule has 0 bridgehead atoms. The van der Waals surface area contributed by atoms with Crippen molar-refractivity contribution in [3.05, 3.63) is 0 Å². The summed E-state index contributed by atoms with van der Waals surface area (Å²) >= 11 is 1.58. The first-order valence-corrected chi connectivity index (χ1v) is 7.29. The molecule has 0 saturated heterocycles. The quantitative estimate of drug-likeness (QED) is 0.591. The number of aliphatic carboxylic acids is 2. The van der Waals surface area contributed by atoms with E-state index in [1.807, 2.05) is 0 Å². The third-order valence-electron chi connectivity index (χ3n) is 2.32. The Balaban J connectivity index is 0.000000400. The third kappa shape index (κ3) is 10.9. The number of nitrogens with two attached hydrogens (primary N) is 1. The van der Waals surface area contributed by atoms with Crippen molar-refractivity contribution < 1.29 is 24.6 Å². The second-order valence-electron chi connectivity index (χ2n) is 4.64. The maximum Gasteiger partial charge on any atom is 0.321 e. The van der Waals surface area contributed by atoms with Gasteiger partial charge in [-0.05, 0) is 33.5 Å². The summed E-state index contributed by atoms with van der Waals surface area (Å²) in [5.74, 6) is -1.92. The number of carbonyl (C=O) groups excluding carboxylic acids is 1. The second kappa shape index (κ2) is 10.3. The summed E-state index contributed by atoms with van der Waals surface area (Å²) in [6.45, 7) is 1.06. The molecule has 1 heterocycles. The van der Waals surface area contributed by atoms with Crippen LogP contribution in [-0.2, 0) is 14.4 Å². The highest BCUT2D eigenvalue weighted by Gasteiger charge is 2.14. The molecule has 21 heavy (non-hydrogen) atoms. The number of hydrogen-bond acceptors (Lipinski definition) is 6. The van der Waals surface area contributed by atoms with Gasteiger partial charge in [0.25, 0.3) is 5.91 Å². The lowest BCUT2D eigenvalue weighted by atomic mass is 10.2. The Hall–Kier alpha value is -1.45. The van der Waals surface area contributed by atoms with Crippen molar-refractivity contribution >= 4 is 34.7 Å². The van der Waals surface area contributed by atoms with Gasteiger partial charge in [0.2, 0.25) is 0 Å². The van der Waals surface area contributed by atoms with Gasteiger partial charge in [-0.2, -0.15) is 0 Å². The molecule has 9 heteroatoms. The zero-order valence-corrected chi connectivity index (χ0v) is 12.9. The Kier molecular flexibility index (Phi) is 9.59. The smallest absolute Gasteiger partial charge is 0.321 e. The van der Waals surface area contributed by atoms with Crippen LogP contribution in [-0.4, -0.2) is 70.4 Å². The summed E-state index contributed by atoms with van der Waals surface area (Å²) in [7, 11) is 4.10. The number of nitrogens with zero attached hydrogens (tertiary/aromatic N) is 2. The topological polar surface area (TPSA) is 133 Å². The van der Waals surface area contributed by atoms with Crippen molar-refractivity contribution in [1.82, 2.24) is 4.90 Å². The summed E-state index contributed by atoms with van der Waals surface area (Å²) in [5, 5.41) is 17.0. The minimum Gasteiger partial charge on any atom is -0.481 e. The zero-order chi connectivity index (χ0) is 16.4. The number of carboxylic acids is 2. The standard InChI is InChI=1S/C8H14N2OS.C4H7NO4/c1-10(2)5-3-4-8-9-7(11)6-12-8;5-2(4(8)9)1-3(6)7/h3-6H2,1-2H3;2H,1,5H2,(H,6,7)(H,8,9)/t;2-/m.0/s1. The highest BCUT2D eigenvalue weighted by Crippen LogP contribution is 2.16. The number of hydrogen-bond donors (Lipinski definition) is 3. The lowest BCUT2D eigenvalue weighted by Crippen LogP contribution is -2.32. The van der Waals surface area contributed by atoms with Crippen LogP contribution in [0, 0.1) is 0 Å². The van der Waals surface area contributed by atoms with Gasteiger partial charge in [0.1, 0.15) is 6.04 Å². The second-order valence-corrected chi connectivity index (χ2v) is 5.69. The molecule has 0 aliphatic carbocycles. The number of aliphatic imine (C=N–C) groups is 1. The number of rotatable bonds is 7. The van der Waals surface area contributed by atoms with Gasteiger partial charge in [-0.1, -0.05) is 0 Å². The van der Waals surface area contributed by atoms with E-state index in [9.17, 15) is 14.4 Å². The van der Waals surface area contributed by atoms with Crippen LogP contribution in [0.4, 0.5) is 0 Å². The van der Waals surface area contributed by atoms with E-state index < -0.39 is 24.4 Å². The first kappa shape index (κ1) is 19.6. The Morgan fingerprint density at radius 3 is 2.38 bits per heavy atom. The van der Waals surface area contributed by atoms with Gasteiger partial charge >= 0.3 is 11.9 Å². The summed E-state index contributed by atoms with van der Waals surface area (Å²) in [6, 6.07) is -1.29. The molecule has 1 rings (SSSR count). The van der Waals surface area contributed by atoms with Crippen molar-refractivity contribution in [2.45, 2.75) is 25.3 Å². The van der Waals surface area contributed by atoms with E-state index in [-0.39, 0.29) is 5.91 Å². The fraction of sp³-hybridized carbons (Fsp3) is 0.667. The third-order valence-corrected chi connectivity index (χ3v) is 3.34. The van der Waals surface area contributed by atoms with Crippen molar-refractivity contribution in [3.8, 4) is 0 Å². The normalized spacial score (nSPS) is 15.2. The SMILES string of the molecule is CN(C)CCCC1=NC(=O)CS1.N[C@@H](CC(=O)O)C(=O)O. The molecule has 120 valence electrons. The van der Waals surface area contributed by atoms with Crippen molar-refractivity contribution in [2.75, 3.05) is 26.4 Å². The van der Waals surface area contributed by atoms with Crippen LogP contribution < -0.4 is 5.73 Å². The molecule has 0 aromatic carbocycles. The molecule has 1 amide bonds. The Morgan fingerprint density at radius 1 is 1.43 bits per heavy atom. The molecule has 1 aliphatic heterocycles. The van der Waals surface area contributed by atoms with Gasteiger partial charge in [0.15, 0.2) is 0 Å².